The van der Waals surface area contributed by atoms with Gasteiger partial charge in [0, 0.05) is 13.1 Å². The van der Waals surface area contributed by atoms with Crippen molar-refractivity contribution < 1.29 is 14.9 Å². The van der Waals surface area contributed by atoms with Gasteiger partial charge in [-0.15, -0.1) is 0 Å². The molecule has 0 fully saturated rings. The number of likely N-dealkylation sites (N-methyl/N-ethyl adjacent to an activating group) is 1. The van der Waals surface area contributed by atoms with Crippen LogP contribution < -0.4 is 4.74 Å². The maximum absolute atomic E-state index is 9.88. The van der Waals surface area contributed by atoms with Crippen LogP contribution in [0.4, 0.5) is 0 Å². The first-order valence-electron chi connectivity index (χ1n) is 6.27. The number of aliphatic hydroxyl groups is 1. The highest BCUT2D eigenvalue weighted by molar-refractivity contribution is 9.10. The average Bonchev–Trinajstić information content (AvgIpc) is 2.30. The molecule has 4 nitrogen and oxygen atoms in total. The lowest BCUT2D eigenvalue weighted by molar-refractivity contribution is 0.0353. The number of hydrogen-bond donors (Lipinski definition) is 2. The Labute approximate surface area is 123 Å². The number of benzene rings is 1. The van der Waals surface area contributed by atoms with Crippen LogP contribution >= 0.6 is 15.9 Å². The molecule has 0 amide bonds. The third-order valence-corrected chi connectivity index (χ3v) is 3.38. The Kier molecular flexibility index (Phi) is 5.64. The molecular weight excluding hydrogens is 310 g/mol. The van der Waals surface area contributed by atoms with Crippen LogP contribution in [0, 0.1) is 0 Å². The third-order valence-electron chi connectivity index (χ3n) is 2.77. The average molecular weight is 332 g/mol. The van der Waals surface area contributed by atoms with Crippen molar-refractivity contribution in [3.63, 3.8) is 0 Å². The van der Waals surface area contributed by atoms with Crippen LogP contribution in [0.25, 0.3) is 0 Å². The molecule has 0 bridgehead atoms. The lowest BCUT2D eigenvalue weighted by Gasteiger charge is -2.28. The second kappa shape index (κ2) is 6.59. The van der Waals surface area contributed by atoms with Crippen LogP contribution in [0.15, 0.2) is 16.6 Å². The summed E-state index contributed by atoms with van der Waals surface area (Å²) in [6.45, 7) is 7.76. The van der Waals surface area contributed by atoms with Gasteiger partial charge >= 0.3 is 0 Å². The van der Waals surface area contributed by atoms with E-state index in [4.69, 9.17) is 4.74 Å². The summed E-state index contributed by atoms with van der Waals surface area (Å²) in [7, 11) is 1.53. The number of phenols is 1. The number of rotatable bonds is 6. The van der Waals surface area contributed by atoms with E-state index in [0.717, 1.165) is 12.1 Å². The fourth-order valence-corrected chi connectivity index (χ4v) is 2.45. The fraction of sp³-hybridized carbons (Fsp3) is 0.571. The van der Waals surface area contributed by atoms with Gasteiger partial charge in [0.1, 0.15) is 0 Å². The molecule has 0 aliphatic heterocycles. The maximum Gasteiger partial charge on any atom is 0.172 e. The minimum absolute atomic E-state index is 0.108. The highest BCUT2D eigenvalue weighted by Crippen LogP contribution is 2.35. The molecule has 108 valence electrons. The van der Waals surface area contributed by atoms with Crippen molar-refractivity contribution >= 4 is 15.9 Å². The van der Waals surface area contributed by atoms with E-state index in [-0.39, 0.29) is 5.75 Å². The van der Waals surface area contributed by atoms with Crippen molar-refractivity contribution in [2.24, 2.45) is 0 Å². The van der Waals surface area contributed by atoms with E-state index in [1.54, 1.807) is 13.8 Å². The van der Waals surface area contributed by atoms with Gasteiger partial charge in [0.05, 0.1) is 17.2 Å². The molecule has 0 saturated heterocycles. The smallest absolute Gasteiger partial charge is 0.172 e. The van der Waals surface area contributed by atoms with E-state index in [1.807, 2.05) is 12.1 Å². The molecule has 1 aromatic carbocycles. The van der Waals surface area contributed by atoms with Crippen LogP contribution in [0.1, 0.15) is 26.3 Å². The minimum atomic E-state index is -0.728. The number of aromatic hydroxyl groups is 1. The predicted octanol–water partition coefficient (Wildman–Crippen LogP) is 2.76. The normalized spacial score (nSPS) is 11.9. The van der Waals surface area contributed by atoms with Crippen molar-refractivity contribution in [1.82, 2.24) is 4.90 Å². The molecule has 0 saturated carbocycles. The highest BCUT2D eigenvalue weighted by Gasteiger charge is 2.18. The molecule has 0 aliphatic rings. The Bertz CT molecular complexity index is 429. The molecule has 0 aliphatic carbocycles. The topological polar surface area (TPSA) is 52.9 Å². The van der Waals surface area contributed by atoms with Crippen LogP contribution in [0.3, 0.4) is 0 Å². The number of nitrogens with zero attached hydrogens (tertiary/aromatic N) is 1. The van der Waals surface area contributed by atoms with Gasteiger partial charge in [-0.25, -0.2) is 0 Å². The molecule has 19 heavy (non-hydrogen) atoms. The van der Waals surface area contributed by atoms with Gasteiger partial charge in [0.2, 0.25) is 0 Å². The van der Waals surface area contributed by atoms with Gasteiger partial charge < -0.3 is 14.9 Å². The Morgan fingerprint density at radius 3 is 2.47 bits per heavy atom. The molecule has 0 radical (unpaired) electrons. The van der Waals surface area contributed by atoms with E-state index in [0.29, 0.717) is 23.3 Å². The van der Waals surface area contributed by atoms with Gasteiger partial charge in [-0.1, -0.05) is 6.92 Å². The second-order valence-electron chi connectivity index (χ2n) is 5.24. The SMILES string of the molecule is CCN(Cc1cc(Br)c(O)c(OC)c1)CC(C)(C)O. The second-order valence-corrected chi connectivity index (χ2v) is 6.10. The predicted molar refractivity (Wildman–Crippen MR) is 79.6 cm³/mol. The van der Waals surface area contributed by atoms with E-state index in [9.17, 15) is 10.2 Å². The van der Waals surface area contributed by atoms with E-state index in [1.165, 1.54) is 7.11 Å². The largest absolute Gasteiger partial charge is 0.503 e. The molecule has 0 aromatic heterocycles. The summed E-state index contributed by atoms with van der Waals surface area (Å²) in [6.07, 6.45) is 0. The molecule has 5 heteroatoms. The van der Waals surface area contributed by atoms with Crippen molar-refractivity contribution in [3.05, 3.63) is 22.2 Å². The lowest BCUT2D eigenvalue weighted by Crippen LogP contribution is -2.38. The van der Waals surface area contributed by atoms with E-state index in [2.05, 4.69) is 27.8 Å². The standard InChI is InChI=1S/C14H22BrNO3/c1-5-16(9-14(2,3)18)8-10-6-11(15)13(17)12(7-10)19-4/h6-7,17-18H,5,8-9H2,1-4H3. The summed E-state index contributed by atoms with van der Waals surface area (Å²) < 4.78 is 5.75. The van der Waals surface area contributed by atoms with Crippen molar-refractivity contribution in [1.29, 1.82) is 0 Å². The Morgan fingerprint density at radius 1 is 1.37 bits per heavy atom. The summed E-state index contributed by atoms with van der Waals surface area (Å²) in [5.41, 5.74) is 0.293. The van der Waals surface area contributed by atoms with Crippen LogP contribution in [0.5, 0.6) is 11.5 Å². The van der Waals surface area contributed by atoms with E-state index < -0.39 is 5.60 Å². The Hall–Kier alpha value is -0.780. The molecule has 2 N–H and O–H groups in total. The van der Waals surface area contributed by atoms with Crippen molar-refractivity contribution in [2.75, 3.05) is 20.2 Å². The molecule has 1 rings (SSSR count). The third kappa shape index (κ3) is 5.01. The monoisotopic (exact) mass is 331 g/mol. The van der Waals surface area contributed by atoms with Gasteiger partial charge in [-0.05, 0) is 54.0 Å². The number of halogens is 1. The van der Waals surface area contributed by atoms with Crippen molar-refractivity contribution in [2.45, 2.75) is 32.9 Å². The van der Waals surface area contributed by atoms with Crippen LogP contribution in [-0.2, 0) is 6.54 Å². The van der Waals surface area contributed by atoms with Gasteiger partial charge in [0.25, 0.3) is 0 Å². The zero-order chi connectivity index (χ0) is 14.6. The van der Waals surface area contributed by atoms with Crippen molar-refractivity contribution in [3.8, 4) is 11.5 Å². The zero-order valence-corrected chi connectivity index (χ0v) is 13.5. The first-order valence-corrected chi connectivity index (χ1v) is 7.06. The number of hydrogen-bond acceptors (Lipinski definition) is 4. The van der Waals surface area contributed by atoms with Gasteiger partial charge in [0.15, 0.2) is 11.5 Å². The van der Waals surface area contributed by atoms with Crippen LogP contribution in [-0.4, -0.2) is 40.9 Å². The summed E-state index contributed by atoms with van der Waals surface area (Å²) in [5, 5.41) is 19.7. The summed E-state index contributed by atoms with van der Waals surface area (Å²) in [4.78, 5) is 2.14. The Balaban J connectivity index is 2.89. The minimum Gasteiger partial charge on any atom is -0.503 e. The lowest BCUT2D eigenvalue weighted by atomic mass is 10.1. The first kappa shape index (κ1) is 16.3. The van der Waals surface area contributed by atoms with Crippen LogP contribution in [0.2, 0.25) is 0 Å². The number of methoxy groups -OCH3 is 1. The molecule has 0 heterocycles. The van der Waals surface area contributed by atoms with E-state index >= 15 is 0 Å². The molecule has 0 unspecified atom stereocenters. The number of phenolic OH excluding ortho intramolecular Hbond substituents is 1. The first-order chi connectivity index (χ1) is 8.76. The maximum atomic E-state index is 9.88. The zero-order valence-electron chi connectivity index (χ0n) is 11.9. The quantitative estimate of drug-likeness (QED) is 0.841. The molecule has 0 atom stereocenters. The molecule has 0 spiro atoms. The summed E-state index contributed by atoms with van der Waals surface area (Å²) in [5.74, 6) is 0.556. The summed E-state index contributed by atoms with van der Waals surface area (Å²) >= 11 is 3.31. The Morgan fingerprint density at radius 2 is 2.00 bits per heavy atom. The molecular formula is C14H22BrNO3. The number of ether oxygens (including phenoxy) is 1. The van der Waals surface area contributed by atoms with Gasteiger partial charge in [-0.2, -0.15) is 0 Å². The molecule has 1 aromatic rings. The highest BCUT2D eigenvalue weighted by atomic mass is 79.9. The van der Waals surface area contributed by atoms with Gasteiger partial charge in [-0.3, -0.25) is 4.90 Å². The fourth-order valence-electron chi connectivity index (χ4n) is 1.96. The summed E-state index contributed by atoms with van der Waals surface area (Å²) in [6, 6.07) is 3.68.